The molecule has 0 spiro atoms. The predicted molar refractivity (Wildman–Crippen MR) is 179 cm³/mol. The van der Waals surface area contributed by atoms with E-state index in [0.29, 0.717) is 13.0 Å². The Balaban J connectivity index is 1.41. The molecule has 12 heteroatoms. The van der Waals surface area contributed by atoms with Crippen LogP contribution in [-0.4, -0.2) is 77.7 Å². The van der Waals surface area contributed by atoms with E-state index >= 15 is 0 Å². The monoisotopic (exact) mass is 667 g/mol. The first-order chi connectivity index (χ1) is 22.6. The normalized spacial score (nSPS) is 25.2. The number of carbonyl (C=O) groups excluding carboxylic acids is 6. The third-order valence-electron chi connectivity index (χ3n) is 10.4. The zero-order valence-electron chi connectivity index (χ0n) is 29.4. The molecule has 4 unspecified atom stereocenters. The SMILES string of the molecule is CCCC(NC(=O)[C@@H]1[C@@H]2C(CN1C(=O)[C@@H](NC(=O)OC1CCCC1C)C(C)(C)C)C2(C)C)C(=O)C(=O)NCC(=O)NCc1ccccc1. The van der Waals surface area contributed by atoms with E-state index in [2.05, 4.69) is 35.1 Å². The number of nitrogens with one attached hydrogen (secondary N) is 4. The number of amides is 5. The van der Waals surface area contributed by atoms with Crippen molar-refractivity contribution in [2.45, 2.75) is 111 Å². The first-order valence-electron chi connectivity index (χ1n) is 17.3. The van der Waals surface area contributed by atoms with E-state index in [1.165, 1.54) is 4.90 Å². The Morgan fingerprint density at radius 2 is 1.69 bits per heavy atom. The van der Waals surface area contributed by atoms with Crippen molar-refractivity contribution in [1.82, 2.24) is 26.2 Å². The standard InChI is InChI=1S/C36H53N5O7/c1-8-13-24(29(43)32(45)38-19-26(42)37-18-22-15-10-9-11-16-22)39-31(44)28-27-23(36(27,6)7)20-41(28)33(46)30(35(3,4)5)40-34(47)48-25-17-12-14-21(25)2/h9-11,15-16,21,23-25,27-28,30H,8,12-14,17-20H2,1-7H3,(H,37,42)(H,38,45)(H,39,44)(H,40,47)/t21?,23?,24?,25?,27-,28-,30+/m0/s1. The summed E-state index contributed by atoms with van der Waals surface area (Å²) in [7, 11) is 0. The molecule has 7 atom stereocenters. The molecule has 48 heavy (non-hydrogen) atoms. The Morgan fingerprint density at radius 3 is 2.29 bits per heavy atom. The smallest absolute Gasteiger partial charge is 0.408 e. The summed E-state index contributed by atoms with van der Waals surface area (Å²) in [6.07, 6.45) is 2.60. The molecule has 1 heterocycles. The zero-order chi connectivity index (χ0) is 35.4. The van der Waals surface area contributed by atoms with Gasteiger partial charge in [0.1, 0.15) is 18.2 Å². The van der Waals surface area contributed by atoms with Gasteiger partial charge in [-0.3, -0.25) is 24.0 Å². The molecular weight excluding hydrogens is 614 g/mol. The van der Waals surface area contributed by atoms with Crippen molar-refractivity contribution in [1.29, 1.82) is 0 Å². The highest BCUT2D eigenvalue weighted by Crippen LogP contribution is 2.65. The van der Waals surface area contributed by atoms with Gasteiger partial charge in [-0.25, -0.2) is 4.79 Å². The molecular formula is C36H53N5O7. The second-order valence-corrected chi connectivity index (χ2v) is 15.3. The summed E-state index contributed by atoms with van der Waals surface area (Å²) in [6.45, 7) is 13.7. The van der Waals surface area contributed by atoms with E-state index < -0.39 is 59.7 Å². The molecule has 0 aromatic heterocycles. The lowest BCUT2D eigenvalue weighted by Crippen LogP contribution is -2.60. The van der Waals surface area contributed by atoms with Crippen LogP contribution in [0.1, 0.15) is 86.1 Å². The number of fused-ring (bicyclic) bond motifs is 1. The van der Waals surface area contributed by atoms with Gasteiger partial charge in [0, 0.05) is 13.1 Å². The number of benzene rings is 1. The van der Waals surface area contributed by atoms with E-state index in [9.17, 15) is 28.8 Å². The largest absolute Gasteiger partial charge is 0.446 e. The van der Waals surface area contributed by atoms with Crippen molar-refractivity contribution >= 4 is 35.5 Å². The summed E-state index contributed by atoms with van der Waals surface area (Å²) >= 11 is 0. The molecule has 12 nitrogen and oxygen atoms in total. The van der Waals surface area contributed by atoms with Crippen LogP contribution in [0.4, 0.5) is 4.79 Å². The van der Waals surface area contributed by atoms with Crippen molar-refractivity contribution in [3.8, 4) is 0 Å². The average molecular weight is 668 g/mol. The number of ketones is 1. The topological polar surface area (TPSA) is 163 Å². The van der Waals surface area contributed by atoms with E-state index in [-0.39, 0.29) is 48.1 Å². The molecule has 1 aromatic carbocycles. The van der Waals surface area contributed by atoms with Crippen molar-refractivity contribution in [2.75, 3.05) is 13.1 Å². The van der Waals surface area contributed by atoms with Gasteiger partial charge in [0.25, 0.3) is 5.91 Å². The summed E-state index contributed by atoms with van der Waals surface area (Å²) in [4.78, 5) is 81.0. The molecule has 3 fully saturated rings. The van der Waals surface area contributed by atoms with E-state index in [4.69, 9.17) is 4.74 Å². The van der Waals surface area contributed by atoms with Gasteiger partial charge in [0.05, 0.1) is 12.6 Å². The highest BCUT2D eigenvalue weighted by Gasteiger charge is 2.70. The number of likely N-dealkylation sites (tertiary alicyclic amines) is 1. The first kappa shape index (κ1) is 36.9. The molecule has 4 rings (SSSR count). The van der Waals surface area contributed by atoms with Crippen LogP contribution in [0.5, 0.6) is 0 Å². The number of carbonyl (C=O) groups is 6. The van der Waals surface area contributed by atoms with Crippen molar-refractivity contribution < 1.29 is 33.5 Å². The van der Waals surface area contributed by atoms with Gasteiger partial charge in [-0.2, -0.15) is 0 Å². The summed E-state index contributed by atoms with van der Waals surface area (Å²) in [5.41, 5.74) is 0.00515. The minimum absolute atomic E-state index is 0.0714. The van der Waals surface area contributed by atoms with Crippen LogP contribution < -0.4 is 21.3 Å². The van der Waals surface area contributed by atoms with Gasteiger partial charge in [-0.15, -0.1) is 0 Å². The number of Topliss-reactive ketones (excluding diaryl/α,β-unsaturated/α-hetero) is 1. The summed E-state index contributed by atoms with van der Waals surface area (Å²) in [5.74, 6) is -3.02. The maximum atomic E-state index is 14.2. The minimum atomic E-state index is -1.13. The molecule has 2 saturated carbocycles. The number of rotatable bonds is 13. The number of hydrogen-bond donors (Lipinski definition) is 4. The molecule has 1 aliphatic heterocycles. The number of piperidine rings is 1. The van der Waals surface area contributed by atoms with E-state index in [1.807, 2.05) is 65.0 Å². The Kier molecular flexibility index (Phi) is 11.6. The van der Waals surface area contributed by atoms with Crippen molar-refractivity contribution in [3.63, 3.8) is 0 Å². The second-order valence-electron chi connectivity index (χ2n) is 15.3. The van der Waals surface area contributed by atoms with Crippen molar-refractivity contribution in [3.05, 3.63) is 35.9 Å². The Labute approximate surface area is 283 Å². The average Bonchev–Trinajstić information content (AvgIpc) is 3.36. The fourth-order valence-electron chi connectivity index (χ4n) is 7.28. The van der Waals surface area contributed by atoms with Gasteiger partial charge >= 0.3 is 6.09 Å². The maximum Gasteiger partial charge on any atom is 0.408 e. The lowest BCUT2D eigenvalue weighted by molar-refractivity contribution is -0.145. The minimum Gasteiger partial charge on any atom is -0.446 e. The maximum absolute atomic E-state index is 14.2. The van der Waals surface area contributed by atoms with E-state index in [0.717, 1.165) is 24.8 Å². The van der Waals surface area contributed by atoms with E-state index in [1.54, 1.807) is 0 Å². The van der Waals surface area contributed by atoms with Gasteiger partial charge in [0.2, 0.25) is 23.5 Å². The molecule has 264 valence electrons. The summed E-state index contributed by atoms with van der Waals surface area (Å²) in [6, 6.07) is 6.31. The highest BCUT2D eigenvalue weighted by molar-refractivity contribution is 6.38. The molecule has 0 bridgehead atoms. The predicted octanol–water partition coefficient (Wildman–Crippen LogP) is 3.09. The summed E-state index contributed by atoms with van der Waals surface area (Å²) in [5, 5.41) is 10.6. The van der Waals surface area contributed by atoms with Crippen LogP contribution in [0, 0.1) is 28.6 Å². The van der Waals surface area contributed by atoms with Gasteiger partial charge in [-0.05, 0) is 59.8 Å². The molecule has 4 N–H and O–H groups in total. The zero-order valence-corrected chi connectivity index (χ0v) is 29.4. The van der Waals surface area contributed by atoms with Gasteiger partial charge in [-0.1, -0.05) is 85.2 Å². The Hall–Kier alpha value is -3.96. The highest BCUT2D eigenvalue weighted by atomic mass is 16.6. The van der Waals surface area contributed by atoms with Crippen LogP contribution in [0.15, 0.2) is 30.3 Å². The molecule has 0 radical (unpaired) electrons. The van der Waals surface area contributed by atoms with Crippen LogP contribution in [0.2, 0.25) is 0 Å². The summed E-state index contributed by atoms with van der Waals surface area (Å²) < 4.78 is 5.70. The van der Waals surface area contributed by atoms with Crippen LogP contribution >= 0.6 is 0 Å². The van der Waals surface area contributed by atoms with Gasteiger partial charge in [0.15, 0.2) is 0 Å². The lowest BCUT2D eigenvalue weighted by Gasteiger charge is -2.38. The third-order valence-corrected chi connectivity index (χ3v) is 10.4. The number of alkyl carbamates (subject to hydrolysis) is 1. The number of hydrogen-bond acceptors (Lipinski definition) is 7. The molecule has 3 aliphatic rings. The Morgan fingerprint density at radius 1 is 1.00 bits per heavy atom. The van der Waals surface area contributed by atoms with Gasteiger partial charge < -0.3 is 30.9 Å². The number of nitrogens with zero attached hydrogens (tertiary/aromatic N) is 1. The molecule has 1 aromatic rings. The number of ether oxygens (including phenoxy) is 1. The molecule has 5 amide bonds. The second kappa shape index (κ2) is 15.1. The quantitative estimate of drug-likeness (QED) is 0.235. The lowest BCUT2D eigenvalue weighted by atomic mass is 9.85. The van der Waals surface area contributed by atoms with Crippen molar-refractivity contribution in [2.24, 2.45) is 28.6 Å². The van der Waals surface area contributed by atoms with Crippen LogP contribution in [-0.2, 0) is 35.3 Å². The Bertz CT molecular complexity index is 1370. The van der Waals surface area contributed by atoms with Crippen LogP contribution in [0.25, 0.3) is 0 Å². The molecule has 2 aliphatic carbocycles. The first-order valence-corrected chi connectivity index (χ1v) is 17.3. The fraction of sp³-hybridized carbons (Fsp3) is 0.667. The third kappa shape index (κ3) is 8.54. The van der Waals surface area contributed by atoms with Crippen LogP contribution in [0.3, 0.4) is 0 Å². The molecule has 1 saturated heterocycles. The fourth-order valence-corrected chi connectivity index (χ4v) is 7.28.